The fourth-order valence-corrected chi connectivity index (χ4v) is 2.53. The van der Waals surface area contributed by atoms with Crippen LogP contribution in [0.2, 0.25) is 0 Å². The number of thiophene rings is 1. The van der Waals surface area contributed by atoms with E-state index in [1.807, 2.05) is 18.3 Å². The van der Waals surface area contributed by atoms with Gasteiger partial charge in [0.25, 0.3) is 0 Å². The van der Waals surface area contributed by atoms with Gasteiger partial charge in [0.15, 0.2) is 0 Å². The molecular weight excluding hydrogens is 218 g/mol. The van der Waals surface area contributed by atoms with E-state index in [2.05, 4.69) is 36.7 Å². The molecule has 92 valence electrons. The summed E-state index contributed by atoms with van der Waals surface area (Å²) in [6.45, 7) is 9.11. The highest BCUT2D eigenvalue weighted by molar-refractivity contribution is 7.10. The first-order chi connectivity index (χ1) is 7.74. The molecule has 2 nitrogen and oxygen atoms in total. The summed E-state index contributed by atoms with van der Waals surface area (Å²) < 4.78 is 5.35. The Morgan fingerprint density at radius 1 is 1.44 bits per heavy atom. The number of hydrogen-bond donors (Lipinski definition) is 1. The van der Waals surface area contributed by atoms with Crippen LogP contribution in [-0.2, 0) is 4.74 Å². The third-order valence-corrected chi connectivity index (χ3v) is 3.42. The third kappa shape index (κ3) is 5.10. The first-order valence-corrected chi connectivity index (χ1v) is 6.96. The molecule has 0 aliphatic rings. The summed E-state index contributed by atoms with van der Waals surface area (Å²) in [7, 11) is 0. The van der Waals surface area contributed by atoms with E-state index >= 15 is 0 Å². The van der Waals surface area contributed by atoms with Gasteiger partial charge in [-0.05, 0) is 30.7 Å². The number of rotatable bonds is 8. The molecule has 0 saturated heterocycles. The fourth-order valence-electron chi connectivity index (χ4n) is 1.71. The van der Waals surface area contributed by atoms with E-state index in [0.29, 0.717) is 12.0 Å². The van der Waals surface area contributed by atoms with Crippen LogP contribution >= 0.6 is 11.3 Å². The van der Waals surface area contributed by atoms with Crippen LogP contribution in [0.5, 0.6) is 0 Å². The van der Waals surface area contributed by atoms with Gasteiger partial charge in [0.1, 0.15) is 0 Å². The van der Waals surface area contributed by atoms with Gasteiger partial charge in [-0.1, -0.05) is 19.9 Å². The van der Waals surface area contributed by atoms with Crippen molar-refractivity contribution in [3.05, 3.63) is 22.4 Å². The average Bonchev–Trinajstić information content (AvgIpc) is 2.75. The molecule has 1 rings (SSSR count). The Labute approximate surface area is 103 Å². The van der Waals surface area contributed by atoms with Crippen molar-refractivity contribution in [2.45, 2.75) is 33.2 Å². The minimum absolute atomic E-state index is 0.487. The molecule has 0 fully saturated rings. The predicted octanol–water partition coefficient (Wildman–Crippen LogP) is 3.46. The first kappa shape index (κ1) is 13.7. The largest absolute Gasteiger partial charge is 0.380 e. The number of hydrogen-bond acceptors (Lipinski definition) is 3. The smallest absolute Gasteiger partial charge is 0.0590 e. The molecule has 16 heavy (non-hydrogen) atoms. The lowest BCUT2D eigenvalue weighted by Crippen LogP contribution is -2.26. The summed E-state index contributed by atoms with van der Waals surface area (Å²) in [6.07, 6.45) is 1.19. The lowest BCUT2D eigenvalue weighted by atomic mass is 10.0. The predicted molar refractivity (Wildman–Crippen MR) is 71.0 cm³/mol. The van der Waals surface area contributed by atoms with Crippen LogP contribution in [0.4, 0.5) is 0 Å². The van der Waals surface area contributed by atoms with Crippen LogP contribution in [0, 0.1) is 5.92 Å². The molecule has 1 N–H and O–H groups in total. The summed E-state index contributed by atoms with van der Waals surface area (Å²) in [5.74, 6) is 0.715. The van der Waals surface area contributed by atoms with Gasteiger partial charge >= 0.3 is 0 Å². The molecule has 1 unspecified atom stereocenters. The molecule has 1 aromatic rings. The van der Waals surface area contributed by atoms with E-state index in [1.165, 1.54) is 11.3 Å². The summed E-state index contributed by atoms with van der Waals surface area (Å²) in [5, 5.41) is 5.72. The molecule has 0 saturated carbocycles. The highest BCUT2D eigenvalue weighted by atomic mass is 32.1. The maximum absolute atomic E-state index is 5.35. The molecule has 0 aliphatic carbocycles. The molecule has 1 heterocycles. The van der Waals surface area contributed by atoms with Gasteiger partial charge in [0, 0.05) is 24.1 Å². The van der Waals surface area contributed by atoms with Crippen molar-refractivity contribution in [3.8, 4) is 0 Å². The van der Waals surface area contributed by atoms with Crippen molar-refractivity contribution in [2.75, 3.05) is 19.8 Å². The first-order valence-electron chi connectivity index (χ1n) is 6.08. The Balaban J connectivity index is 2.39. The van der Waals surface area contributed by atoms with Crippen LogP contribution in [0.3, 0.4) is 0 Å². The van der Waals surface area contributed by atoms with Gasteiger partial charge < -0.3 is 10.1 Å². The fraction of sp³-hybridized carbons (Fsp3) is 0.692. The lowest BCUT2D eigenvalue weighted by Gasteiger charge is -2.19. The summed E-state index contributed by atoms with van der Waals surface area (Å²) in [4.78, 5) is 1.44. The van der Waals surface area contributed by atoms with E-state index in [-0.39, 0.29) is 0 Å². The van der Waals surface area contributed by atoms with E-state index < -0.39 is 0 Å². The van der Waals surface area contributed by atoms with Crippen molar-refractivity contribution in [2.24, 2.45) is 5.92 Å². The zero-order valence-corrected chi connectivity index (χ0v) is 11.3. The van der Waals surface area contributed by atoms with Gasteiger partial charge in [0.05, 0.1) is 6.61 Å². The number of ether oxygens (including phenoxy) is 1. The van der Waals surface area contributed by atoms with Gasteiger partial charge in [-0.15, -0.1) is 11.3 Å². The molecule has 0 amide bonds. The average molecular weight is 241 g/mol. The summed E-state index contributed by atoms with van der Waals surface area (Å²) >= 11 is 1.83. The zero-order valence-electron chi connectivity index (χ0n) is 10.5. The molecule has 0 spiro atoms. The molecule has 3 heteroatoms. The molecule has 0 aromatic carbocycles. The maximum Gasteiger partial charge on any atom is 0.0590 e. The minimum Gasteiger partial charge on any atom is -0.380 e. The Hall–Kier alpha value is -0.380. The maximum atomic E-state index is 5.35. The molecule has 0 bridgehead atoms. The third-order valence-electron chi connectivity index (χ3n) is 2.43. The van der Waals surface area contributed by atoms with Crippen LogP contribution in [0.1, 0.15) is 38.1 Å². The highest BCUT2D eigenvalue weighted by Crippen LogP contribution is 2.24. The van der Waals surface area contributed by atoms with Crippen molar-refractivity contribution < 1.29 is 4.74 Å². The normalized spacial score (nSPS) is 13.2. The highest BCUT2D eigenvalue weighted by Gasteiger charge is 2.13. The summed E-state index contributed by atoms with van der Waals surface area (Å²) in [6, 6.07) is 4.82. The van der Waals surface area contributed by atoms with Gasteiger partial charge in [0.2, 0.25) is 0 Å². The topological polar surface area (TPSA) is 21.3 Å². The Bertz CT molecular complexity index is 259. The van der Waals surface area contributed by atoms with E-state index in [4.69, 9.17) is 4.74 Å². The van der Waals surface area contributed by atoms with Crippen LogP contribution in [-0.4, -0.2) is 19.8 Å². The van der Waals surface area contributed by atoms with Crippen molar-refractivity contribution >= 4 is 11.3 Å². The molecular formula is C13H23NOS. The second-order valence-electron chi connectivity index (χ2n) is 4.35. The standard InChI is InChI=1S/C13H23NOS/c1-4-15-8-7-14-12(10-11(2)3)13-6-5-9-16-13/h5-6,9,11-12,14H,4,7-8,10H2,1-3H3. The summed E-state index contributed by atoms with van der Waals surface area (Å²) in [5.41, 5.74) is 0. The quantitative estimate of drug-likeness (QED) is 0.704. The Morgan fingerprint density at radius 2 is 2.25 bits per heavy atom. The van der Waals surface area contributed by atoms with E-state index in [9.17, 15) is 0 Å². The lowest BCUT2D eigenvalue weighted by molar-refractivity contribution is 0.146. The monoisotopic (exact) mass is 241 g/mol. The molecule has 1 aromatic heterocycles. The van der Waals surface area contributed by atoms with Crippen molar-refractivity contribution in [1.29, 1.82) is 0 Å². The Kier molecular flexibility index (Phi) is 6.69. The SMILES string of the molecule is CCOCCNC(CC(C)C)c1cccs1. The Morgan fingerprint density at radius 3 is 2.81 bits per heavy atom. The minimum atomic E-state index is 0.487. The van der Waals surface area contributed by atoms with Crippen molar-refractivity contribution in [1.82, 2.24) is 5.32 Å². The van der Waals surface area contributed by atoms with Crippen LogP contribution < -0.4 is 5.32 Å². The molecule has 1 atom stereocenters. The van der Waals surface area contributed by atoms with Crippen LogP contribution in [0.25, 0.3) is 0 Å². The zero-order chi connectivity index (χ0) is 11.8. The molecule has 0 aliphatic heterocycles. The van der Waals surface area contributed by atoms with Gasteiger partial charge in [-0.2, -0.15) is 0 Å². The van der Waals surface area contributed by atoms with Gasteiger partial charge in [-0.3, -0.25) is 0 Å². The van der Waals surface area contributed by atoms with Crippen LogP contribution in [0.15, 0.2) is 17.5 Å². The second kappa shape index (κ2) is 7.82. The second-order valence-corrected chi connectivity index (χ2v) is 5.33. The van der Waals surface area contributed by atoms with E-state index in [1.54, 1.807) is 0 Å². The van der Waals surface area contributed by atoms with E-state index in [0.717, 1.165) is 19.8 Å². The number of nitrogens with one attached hydrogen (secondary N) is 1. The van der Waals surface area contributed by atoms with Crippen molar-refractivity contribution in [3.63, 3.8) is 0 Å². The van der Waals surface area contributed by atoms with Gasteiger partial charge in [-0.25, -0.2) is 0 Å². The molecule has 0 radical (unpaired) electrons.